The van der Waals surface area contributed by atoms with Crippen LogP contribution in [0.25, 0.3) is 5.70 Å². The maximum atomic E-state index is 12.8. The van der Waals surface area contributed by atoms with E-state index in [0.717, 1.165) is 48.3 Å². The van der Waals surface area contributed by atoms with Gasteiger partial charge in [-0.15, -0.1) is 5.92 Å². The number of piperidine rings is 1. The van der Waals surface area contributed by atoms with E-state index in [9.17, 15) is 13.2 Å². The van der Waals surface area contributed by atoms with Gasteiger partial charge in [-0.25, -0.2) is 0 Å². The molecule has 0 unspecified atom stereocenters. The van der Waals surface area contributed by atoms with E-state index in [0.29, 0.717) is 19.8 Å². The van der Waals surface area contributed by atoms with Gasteiger partial charge >= 0.3 is 6.18 Å². The van der Waals surface area contributed by atoms with E-state index in [1.807, 2.05) is 0 Å². The van der Waals surface area contributed by atoms with Crippen LogP contribution < -0.4 is 0 Å². The summed E-state index contributed by atoms with van der Waals surface area (Å²) in [6.07, 6.45) is -2.53. The Bertz CT molecular complexity index is 1020. The third-order valence-electron chi connectivity index (χ3n) is 6.60. The quantitative estimate of drug-likeness (QED) is 0.513. The zero-order chi connectivity index (χ0) is 23.5. The highest BCUT2D eigenvalue weighted by molar-refractivity contribution is 5.62. The van der Waals surface area contributed by atoms with Gasteiger partial charge < -0.3 is 14.4 Å². The Hall–Kier alpha value is -2.75. The van der Waals surface area contributed by atoms with Gasteiger partial charge in [0.1, 0.15) is 12.2 Å². The Morgan fingerprint density at radius 2 is 1.73 bits per heavy atom. The molecule has 33 heavy (non-hydrogen) atoms. The average molecular weight is 456 g/mol. The predicted octanol–water partition coefficient (Wildman–Crippen LogP) is 5.82. The third-order valence-corrected chi connectivity index (χ3v) is 6.60. The van der Waals surface area contributed by atoms with Crippen LogP contribution in [0.3, 0.4) is 0 Å². The van der Waals surface area contributed by atoms with Crippen LogP contribution in [0.4, 0.5) is 13.2 Å². The molecule has 0 aliphatic carbocycles. The molecule has 2 heterocycles. The number of benzene rings is 2. The van der Waals surface area contributed by atoms with Gasteiger partial charge in [-0.3, -0.25) is 0 Å². The van der Waals surface area contributed by atoms with Gasteiger partial charge in [-0.1, -0.05) is 48.9 Å². The summed E-state index contributed by atoms with van der Waals surface area (Å²) >= 11 is 0. The molecule has 6 heteroatoms. The van der Waals surface area contributed by atoms with Crippen molar-refractivity contribution in [3.63, 3.8) is 0 Å². The monoisotopic (exact) mass is 455 g/mol. The summed E-state index contributed by atoms with van der Waals surface area (Å²) in [6.45, 7) is 9.16. The van der Waals surface area contributed by atoms with Gasteiger partial charge in [0.15, 0.2) is 0 Å². The Morgan fingerprint density at radius 1 is 1.09 bits per heavy atom. The van der Waals surface area contributed by atoms with Crippen molar-refractivity contribution >= 4 is 5.70 Å². The van der Waals surface area contributed by atoms with Crippen LogP contribution in [-0.2, 0) is 21.3 Å². The van der Waals surface area contributed by atoms with Crippen LogP contribution in [0, 0.1) is 11.8 Å². The first-order valence-electron chi connectivity index (χ1n) is 11.2. The number of hydrogen-bond acceptors (Lipinski definition) is 3. The number of alkyl halides is 3. The van der Waals surface area contributed by atoms with Crippen LogP contribution >= 0.6 is 0 Å². The fraction of sp³-hybridized carbons (Fsp3) is 0.407. The normalized spacial score (nSPS) is 18.2. The molecule has 3 nitrogen and oxygen atoms in total. The Kier molecular flexibility index (Phi) is 6.83. The minimum atomic E-state index is -4.30. The van der Waals surface area contributed by atoms with Crippen LogP contribution in [0.15, 0.2) is 55.1 Å². The largest absolute Gasteiger partial charge is 0.416 e. The Morgan fingerprint density at radius 3 is 2.24 bits per heavy atom. The van der Waals surface area contributed by atoms with E-state index in [1.54, 1.807) is 19.1 Å². The fourth-order valence-electron chi connectivity index (χ4n) is 4.44. The molecular weight excluding hydrogens is 427 g/mol. The van der Waals surface area contributed by atoms with Crippen molar-refractivity contribution in [2.75, 3.05) is 32.9 Å². The molecule has 0 radical (unpaired) electrons. The van der Waals surface area contributed by atoms with Gasteiger partial charge in [0, 0.05) is 18.8 Å². The lowest BCUT2D eigenvalue weighted by molar-refractivity contribution is -0.210. The van der Waals surface area contributed by atoms with E-state index in [4.69, 9.17) is 9.47 Å². The Labute approximate surface area is 193 Å². The van der Waals surface area contributed by atoms with Crippen molar-refractivity contribution in [1.82, 2.24) is 4.90 Å². The molecule has 4 rings (SSSR count). The highest BCUT2D eigenvalue weighted by Crippen LogP contribution is 2.36. The standard InChI is InChI=1S/C27H28F3NO2/c1-3-4-17-33-26(18-32-19-26)24-9-5-21(6-10-24)20(2)31-15-13-23(14-16-31)22-7-11-25(12-8-22)27(28,29)30/h5-12,23H,2,13-19H2,1H3. The maximum Gasteiger partial charge on any atom is 0.416 e. The molecule has 2 saturated heterocycles. The second kappa shape index (κ2) is 9.62. The average Bonchev–Trinajstić information content (AvgIpc) is 2.80. The van der Waals surface area contributed by atoms with E-state index in [1.165, 1.54) is 12.1 Å². The highest BCUT2D eigenvalue weighted by Gasteiger charge is 2.41. The lowest BCUT2D eigenvalue weighted by atomic mass is 9.88. The van der Waals surface area contributed by atoms with Crippen molar-refractivity contribution in [1.29, 1.82) is 0 Å². The van der Waals surface area contributed by atoms with Gasteiger partial charge in [0.05, 0.1) is 18.8 Å². The van der Waals surface area contributed by atoms with Gasteiger partial charge in [-0.2, -0.15) is 13.2 Å². The molecule has 2 aliphatic heterocycles. The van der Waals surface area contributed by atoms with Crippen molar-refractivity contribution in [2.45, 2.75) is 37.5 Å². The first-order chi connectivity index (χ1) is 15.8. The molecule has 2 aromatic carbocycles. The summed E-state index contributed by atoms with van der Waals surface area (Å²) in [5, 5.41) is 0. The molecule has 2 aliphatic rings. The van der Waals surface area contributed by atoms with E-state index >= 15 is 0 Å². The molecule has 2 fully saturated rings. The second-order valence-electron chi connectivity index (χ2n) is 8.61. The molecule has 0 bridgehead atoms. The molecule has 174 valence electrons. The zero-order valence-corrected chi connectivity index (χ0v) is 18.8. The van der Waals surface area contributed by atoms with Crippen molar-refractivity contribution in [3.05, 3.63) is 77.4 Å². The van der Waals surface area contributed by atoms with Crippen LogP contribution in [0.5, 0.6) is 0 Å². The summed E-state index contributed by atoms with van der Waals surface area (Å²) in [4.78, 5) is 2.26. The SMILES string of the molecule is C=C(c1ccc(C2(OCC#CC)COC2)cc1)N1CCC(c2ccc(C(F)(F)F)cc2)CC1. The molecule has 0 atom stereocenters. The molecule has 0 N–H and O–H groups in total. The van der Waals surface area contributed by atoms with Crippen molar-refractivity contribution in [3.8, 4) is 11.8 Å². The van der Waals surface area contributed by atoms with Crippen LogP contribution in [-0.4, -0.2) is 37.8 Å². The fourth-order valence-corrected chi connectivity index (χ4v) is 4.44. The van der Waals surface area contributed by atoms with Gasteiger partial charge in [0.25, 0.3) is 0 Å². The van der Waals surface area contributed by atoms with E-state index < -0.39 is 17.3 Å². The first kappa shape index (κ1) is 23.4. The lowest BCUT2D eigenvalue weighted by Gasteiger charge is -2.41. The summed E-state index contributed by atoms with van der Waals surface area (Å²) in [5.74, 6) is 6.05. The summed E-state index contributed by atoms with van der Waals surface area (Å²) in [6, 6.07) is 13.9. The molecule has 0 amide bonds. The lowest BCUT2D eigenvalue weighted by Crippen LogP contribution is -2.49. The van der Waals surface area contributed by atoms with Gasteiger partial charge in [-0.05, 0) is 54.5 Å². The smallest absolute Gasteiger partial charge is 0.375 e. The first-order valence-corrected chi connectivity index (χ1v) is 11.2. The second-order valence-corrected chi connectivity index (χ2v) is 8.61. The van der Waals surface area contributed by atoms with E-state index in [2.05, 4.69) is 47.6 Å². The number of ether oxygens (including phenoxy) is 2. The molecule has 2 aromatic rings. The number of hydrogen-bond donors (Lipinski definition) is 0. The molecule has 0 aromatic heterocycles. The maximum absolute atomic E-state index is 12.8. The van der Waals surface area contributed by atoms with Crippen LogP contribution in [0.1, 0.15) is 47.9 Å². The summed E-state index contributed by atoms with van der Waals surface area (Å²) < 4.78 is 49.8. The Balaban J connectivity index is 1.35. The zero-order valence-electron chi connectivity index (χ0n) is 18.8. The minimum absolute atomic E-state index is 0.264. The van der Waals surface area contributed by atoms with Crippen molar-refractivity contribution in [2.24, 2.45) is 0 Å². The number of likely N-dealkylation sites (tertiary alicyclic amines) is 1. The molecule has 0 saturated carbocycles. The van der Waals surface area contributed by atoms with Crippen LogP contribution in [0.2, 0.25) is 0 Å². The minimum Gasteiger partial charge on any atom is -0.375 e. The number of nitrogens with zero attached hydrogens (tertiary/aromatic N) is 1. The van der Waals surface area contributed by atoms with Crippen molar-refractivity contribution < 1.29 is 22.6 Å². The predicted molar refractivity (Wildman–Crippen MR) is 122 cm³/mol. The van der Waals surface area contributed by atoms with Gasteiger partial charge in [0.2, 0.25) is 0 Å². The summed E-state index contributed by atoms with van der Waals surface area (Å²) in [7, 11) is 0. The third kappa shape index (κ3) is 5.10. The highest BCUT2D eigenvalue weighted by atomic mass is 19.4. The number of rotatable bonds is 6. The topological polar surface area (TPSA) is 21.7 Å². The molecular formula is C27H28F3NO2. The summed E-state index contributed by atoms with van der Waals surface area (Å²) in [5.41, 5.74) is 3.03. The van der Waals surface area contributed by atoms with E-state index in [-0.39, 0.29) is 5.92 Å². The molecule has 0 spiro atoms. The number of halogens is 3.